The van der Waals surface area contributed by atoms with Crippen molar-refractivity contribution >= 4 is 11.7 Å². The summed E-state index contributed by atoms with van der Waals surface area (Å²) in [5, 5.41) is 0. The molecule has 0 aromatic carbocycles. The van der Waals surface area contributed by atoms with E-state index in [2.05, 4.69) is 11.7 Å². The molecule has 128 valence electrons. The van der Waals surface area contributed by atoms with E-state index in [1.807, 2.05) is 0 Å². The van der Waals surface area contributed by atoms with Gasteiger partial charge in [0, 0.05) is 12.1 Å². The number of hydrogen-bond acceptors (Lipinski definition) is 3. The van der Waals surface area contributed by atoms with E-state index < -0.39 is 0 Å². The standard InChI is InChI=1S/C19H35NO2/c1-3-4-5-9-12-17-15-16-18(20-17)13-10-7-6-8-11-14-19(21)22-2/h18H,3-16H2,1-2H3. The van der Waals surface area contributed by atoms with Gasteiger partial charge in [0.25, 0.3) is 0 Å². The van der Waals surface area contributed by atoms with E-state index in [9.17, 15) is 4.79 Å². The molecule has 0 spiro atoms. The fraction of sp³-hybridized carbons (Fsp3) is 0.895. The van der Waals surface area contributed by atoms with Crippen molar-refractivity contribution in [3.63, 3.8) is 0 Å². The van der Waals surface area contributed by atoms with Crippen LogP contribution in [0.2, 0.25) is 0 Å². The maximum absolute atomic E-state index is 11.0. The van der Waals surface area contributed by atoms with Crippen LogP contribution in [0.25, 0.3) is 0 Å². The van der Waals surface area contributed by atoms with Crippen LogP contribution in [0.3, 0.4) is 0 Å². The van der Waals surface area contributed by atoms with Crippen LogP contribution < -0.4 is 0 Å². The van der Waals surface area contributed by atoms with Gasteiger partial charge in [0.05, 0.1) is 13.2 Å². The molecule has 0 fully saturated rings. The summed E-state index contributed by atoms with van der Waals surface area (Å²) in [7, 11) is 1.46. The monoisotopic (exact) mass is 309 g/mol. The fourth-order valence-corrected chi connectivity index (χ4v) is 3.16. The van der Waals surface area contributed by atoms with Crippen molar-refractivity contribution in [3.8, 4) is 0 Å². The predicted molar refractivity (Wildman–Crippen MR) is 93.6 cm³/mol. The molecule has 0 bridgehead atoms. The Morgan fingerprint density at radius 3 is 2.59 bits per heavy atom. The van der Waals surface area contributed by atoms with Crippen LogP contribution in [-0.4, -0.2) is 24.8 Å². The molecule has 0 amide bonds. The van der Waals surface area contributed by atoms with Crippen molar-refractivity contribution in [1.29, 1.82) is 0 Å². The van der Waals surface area contributed by atoms with Crippen LogP contribution in [-0.2, 0) is 9.53 Å². The first-order valence-electron chi connectivity index (χ1n) is 9.38. The molecule has 0 radical (unpaired) electrons. The quantitative estimate of drug-likeness (QED) is 0.334. The molecule has 1 rings (SSSR count). The van der Waals surface area contributed by atoms with Crippen molar-refractivity contribution < 1.29 is 9.53 Å². The minimum absolute atomic E-state index is 0.0771. The Hall–Kier alpha value is -0.860. The second-order valence-corrected chi connectivity index (χ2v) is 6.58. The number of ether oxygens (including phenoxy) is 1. The number of rotatable bonds is 13. The van der Waals surface area contributed by atoms with Crippen LogP contribution >= 0.6 is 0 Å². The van der Waals surface area contributed by atoms with Gasteiger partial charge >= 0.3 is 5.97 Å². The number of unbranched alkanes of at least 4 members (excludes halogenated alkanes) is 7. The smallest absolute Gasteiger partial charge is 0.305 e. The zero-order valence-corrected chi connectivity index (χ0v) is 14.7. The highest BCUT2D eigenvalue weighted by Crippen LogP contribution is 2.22. The van der Waals surface area contributed by atoms with E-state index in [4.69, 9.17) is 4.99 Å². The molecule has 3 nitrogen and oxygen atoms in total. The van der Waals surface area contributed by atoms with Gasteiger partial charge in [0.15, 0.2) is 0 Å². The minimum atomic E-state index is -0.0771. The Bertz CT molecular complexity index is 325. The SMILES string of the molecule is CCCCCCC1=NC(CCCCCCCC(=O)OC)CC1. The summed E-state index contributed by atoms with van der Waals surface area (Å²) in [6.45, 7) is 2.26. The van der Waals surface area contributed by atoms with E-state index in [0.717, 1.165) is 12.8 Å². The number of hydrogen-bond donors (Lipinski definition) is 0. The first-order valence-corrected chi connectivity index (χ1v) is 9.38. The Balaban J connectivity index is 1.95. The molecule has 0 saturated heterocycles. The molecule has 0 aliphatic carbocycles. The van der Waals surface area contributed by atoms with Crippen molar-refractivity contribution in [3.05, 3.63) is 0 Å². The van der Waals surface area contributed by atoms with E-state index in [-0.39, 0.29) is 5.97 Å². The minimum Gasteiger partial charge on any atom is -0.469 e. The van der Waals surface area contributed by atoms with Gasteiger partial charge < -0.3 is 4.74 Å². The average molecular weight is 309 g/mol. The average Bonchev–Trinajstić information content (AvgIpc) is 2.98. The highest BCUT2D eigenvalue weighted by Gasteiger charge is 2.16. The van der Waals surface area contributed by atoms with Crippen molar-refractivity contribution in [2.45, 2.75) is 103 Å². The molecule has 3 heteroatoms. The molecule has 0 aromatic rings. The van der Waals surface area contributed by atoms with Crippen LogP contribution in [0, 0.1) is 0 Å². The Morgan fingerprint density at radius 2 is 1.82 bits per heavy atom. The third-order valence-electron chi connectivity index (χ3n) is 4.60. The topological polar surface area (TPSA) is 38.7 Å². The molecule has 1 heterocycles. The predicted octanol–water partition coefficient (Wildman–Crippen LogP) is 5.46. The van der Waals surface area contributed by atoms with Crippen molar-refractivity contribution in [2.24, 2.45) is 4.99 Å². The molecule has 22 heavy (non-hydrogen) atoms. The lowest BCUT2D eigenvalue weighted by atomic mass is 10.0. The summed E-state index contributed by atoms with van der Waals surface area (Å²) in [6.07, 6.45) is 16.9. The van der Waals surface area contributed by atoms with Gasteiger partial charge in [-0.25, -0.2) is 0 Å². The Kier molecular flexibility index (Phi) is 11.0. The first kappa shape index (κ1) is 19.2. The lowest BCUT2D eigenvalue weighted by Crippen LogP contribution is -2.00. The van der Waals surface area contributed by atoms with Gasteiger partial charge in [-0.1, -0.05) is 51.9 Å². The maximum atomic E-state index is 11.0. The van der Waals surface area contributed by atoms with Gasteiger partial charge in [0.2, 0.25) is 0 Å². The van der Waals surface area contributed by atoms with E-state index in [1.54, 1.807) is 0 Å². The number of nitrogens with zero attached hydrogens (tertiary/aromatic N) is 1. The maximum Gasteiger partial charge on any atom is 0.305 e. The lowest BCUT2D eigenvalue weighted by Gasteiger charge is -2.06. The summed E-state index contributed by atoms with van der Waals surface area (Å²) in [6, 6.07) is 0.608. The highest BCUT2D eigenvalue weighted by atomic mass is 16.5. The van der Waals surface area contributed by atoms with Crippen LogP contribution in [0.15, 0.2) is 4.99 Å². The number of carbonyl (C=O) groups is 1. The third kappa shape index (κ3) is 9.22. The van der Waals surface area contributed by atoms with Gasteiger partial charge in [0.1, 0.15) is 0 Å². The second kappa shape index (κ2) is 12.7. The summed E-state index contributed by atoms with van der Waals surface area (Å²) in [5.41, 5.74) is 1.49. The van der Waals surface area contributed by atoms with E-state index in [0.29, 0.717) is 12.5 Å². The molecule has 1 unspecified atom stereocenters. The third-order valence-corrected chi connectivity index (χ3v) is 4.60. The molecular weight excluding hydrogens is 274 g/mol. The Morgan fingerprint density at radius 1 is 1.09 bits per heavy atom. The number of methoxy groups -OCH3 is 1. The van der Waals surface area contributed by atoms with Gasteiger partial charge in [-0.2, -0.15) is 0 Å². The summed E-state index contributed by atoms with van der Waals surface area (Å²) < 4.78 is 4.64. The van der Waals surface area contributed by atoms with Gasteiger partial charge in [-0.15, -0.1) is 0 Å². The summed E-state index contributed by atoms with van der Waals surface area (Å²) in [5.74, 6) is -0.0771. The normalized spacial score (nSPS) is 17.5. The molecule has 1 aliphatic heterocycles. The van der Waals surface area contributed by atoms with Crippen LogP contribution in [0.5, 0.6) is 0 Å². The molecule has 0 N–H and O–H groups in total. The van der Waals surface area contributed by atoms with Gasteiger partial charge in [-0.3, -0.25) is 9.79 Å². The Labute approximate surface area is 136 Å². The van der Waals surface area contributed by atoms with Gasteiger partial charge in [-0.05, 0) is 38.5 Å². The zero-order chi connectivity index (χ0) is 16.0. The van der Waals surface area contributed by atoms with E-state index >= 15 is 0 Å². The van der Waals surface area contributed by atoms with Crippen LogP contribution in [0.1, 0.15) is 96.8 Å². The molecule has 0 saturated carbocycles. The molecule has 1 atom stereocenters. The lowest BCUT2D eigenvalue weighted by molar-refractivity contribution is -0.140. The zero-order valence-electron chi connectivity index (χ0n) is 14.7. The number of esters is 1. The highest BCUT2D eigenvalue weighted by molar-refractivity contribution is 5.86. The fourth-order valence-electron chi connectivity index (χ4n) is 3.16. The first-order chi connectivity index (χ1) is 10.8. The number of aliphatic imine (C=N–C) groups is 1. The van der Waals surface area contributed by atoms with Crippen molar-refractivity contribution in [2.75, 3.05) is 7.11 Å². The molecule has 0 aromatic heterocycles. The number of carbonyl (C=O) groups excluding carboxylic acids is 1. The summed E-state index contributed by atoms with van der Waals surface area (Å²) in [4.78, 5) is 15.9. The second-order valence-electron chi connectivity index (χ2n) is 6.58. The van der Waals surface area contributed by atoms with Crippen molar-refractivity contribution in [1.82, 2.24) is 0 Å². The summed E-state index contributed by atoms with van der Waals surface area (Å²) >= 11 is 0. The van der Waals surface area contributed by atoms with E-state index in [1.165, 1.54) is 83.5 Å². The van der Waals surface area contributed by atoms with Crippen LogP contribution in [0.4, 0.5) is 0 Å². The molecular formula is C19H35NO2. The largest absolute Gasteiger partial charge is 0.469 e. The molecule has 1 aliphatic rings.